The van der Waals surface area contributed by atoms with Crippen LogP contribution in [0, 0.1) is 0 Å². The lowest BCUT2D eigenvalue weighted by Crippen LogP contribution is -2.11. The minimum absolute atomic E-state index is 0.231. The van der Waals surface area contributed by atoms with Gasteiger partial charge in [0.25, 0.3) is 5.91 Å². The van der Waals surface area contributed by atoms with E-state index in [1.807, 2.05) is 24.3 Å². The van der Waals surface area contributed by atoms with Gasteiger partial charge in [-0.05, 0) is 46.3 Å². The van der Waals surface area contributed by atoms with Crippen LogP contribution >= 0.6 is 31.9 Å². The highest BCUT2D eigenvalue weighted by atomic mass is 79.9. The number of para-hydroxylation sites is 1. The van der Waals surface area contributed by atoms with Crippen LogP contribution in [0.5, 0.6) is 5.75 Å². The SMILES string of the molecule is COc1cccc2cc(C(=O)Nc3ccc(Br)cc3Br)oc12. The molecule has 2 aromatic carbocycles. The molecule has 0 bridgehead atoms. The molecule has 0 saturated carbocycles. The van der Waals surface area contributed by atoms with Crippen LogP contribution in [0.1, 0.15) is 10.6 Å². The van der Waals surface area contributed by atoms with Gasteiger partial charge in [-0.15, -0.1) is 0 Å². The number of carbonyl (C=O) groups excluding carboxylic acids is 1. The molecule has 0 aliphatic heterocycles. The number of fused-ring (bicyclic) bond motifs is 1. The van der Waals surface area contributed by atoms with Crippen molar-refractivity contribution in [3.63, 3.8) is 0 Å². The highest BCUT2D eigenvalue weighted by molar-refractivity contribution is 9.11. The first-order chi connectivity index (χ1) is 10.6. The second-order valence-corrected chi connectivity index (χ2v) is 6.34. The Labute approximate surface area is 143 Å². The number of rotatable bonds is 3. The molecular formula is C16H11Br2NO3. The minimum atomic E-state index is -0.318. The molecule has 4 nitrogen and oxygen atoms in total. The van der Waals surface area contributed by atoms with Crippen molar-refractivity contribution in [3.05, 3.63) is 57.2 Å². The molecule has 0 spiro atoms. The number of halogens is 2. The van der Waals surface area contributed by atoms with Gasteiger partial charge in [0.05, 0.1) is 12.8 Å². The number of amides is 1. The second-order valence-electron chi connectivity index (χ2n) is 4.57. The van der Waals surface area contributed by atoms with Crippen molar-refractivity contribution >= 4 is 54.4 Å². The Morgan fingerprint density at radius 1 is 1.18 bits per heavy atom. The van der Waals surface area contributed by atoms with E-state index in [2.05, 4.69) is 37.2 Å². The Hall–Kier alpha value is -1.79. The molecule has 0 unspecified atom stereocenters. The summed E-state index contributed by atoms with van der Waals surface area (Å²) in [7, 11) is 1.57. The fourth-order valence-corrected chi connectivity index (χ4v) is 3.23. The third-order valence-electron chi connectivity index (χ3n) is 3.13. The molecule has 0 saturated heterocycles. The first-order valence-corrected chi connectivity index (χ1v) is 8.00. The molecule has 3 aromatic rings. The maximum Gasteiger partial charge on any atom is 0.291 e. The van der Waals surface area contributed by atoms with Gasteiger partial charge in [-0.3, -0.25) is 4.79 Å². The van der Waals surface area contributed by atoms with Crippen molar-refractivity contribution in [1.29, 1.82) is 0 Å². The summed E-state index contributed by atoms with van der Waals surface area (Å²) in [6.45, 7) is 0. The molecule has 22 heavy (non-hydrogen) atoms. The Balaban J connectivity index is 1.92. The van der Waals surface area contributed by atoms with Gasteiger partial charge in [0.15, 0.2) is 17.1 Å². The fraction of sp³-hybridized carbons (Fsp3) is 0.0625. The molecule has 1 heterocycles. The third kappa shape index (κ3) is 2.89. The zero-order valence-corrected chi connectivity index (χ0v) is 14.7. The Morgan fingerprint density at radius 2 is 2.00 bits per heavy atom. The van der Waals surface area contributed by atoms with Crippen LogP contribution in [-0.2, 0) is 0 Å². The van der Waals surface area contributed by atoms with Crippen molar-refractivity contribution in [2.45, 2.75) is 0 Å². The molecule has 0 radical (unpaired) electrons. The van der Waals surface area contributed by atoms with E-state index in [1.54, 1.807) is 25.3 Å². The molecule has 1 N–H and O–H groups in total. The van der Waals surface area contributed by atoms with Gasteiger partial charge >= 0.3 is 0 Å². The zero-order chi connectivity index (χ0) is 15.7. The molecule has 6 heteroatoms. The van der Waals surface area contributed by atoms with Crippen LogP contribution in [0.3, 0.4) is 0 Å². The van der Waals surface area contributed by atoms with Gasteiger partial charge in [0, 0.05) is 14.3 Å². The molecule has 0 aliphatic rings. The highest BCUT2D eigenvalue weighted by Crippen LogP contribution is 2.30. The summed E-state index contributed by atoms with van der Waals surface area (Å²) >= 11 is 6.78. The third-order valence-corrected chi connectivity index (χ3v) is 4.28. The predicted molar refractivity (Wildman–Crippen MR) is 92.6 cm³/mol. The quantitative estimate of drug-likeness (QED) is 0.627. The van der Waals surface area contributed by atoms with Crippen molar-refractivity contribution in [2.75, 3.05) is 12.4 Å². The highest BCUT2D eigenvalue weighted by Gasteiger charge is 2.15. The summed E-state index contributed by atoms with van der Waals surface area (Å²) in [5.41, 5.74) is 1.23. The lowest BCUT2D eigenvalue weighted by molar-refractivity contribution is 0.0998. The van der Waals surface area contributed by atoms with Gasteiger partial charge in [-0.2, -0.15) is 0 Å². The molecule has 1 amide bonds. The zero-order valence-electron chi connectivity index (χ0n) is 11.5. The van der Waals surface area contributed by atoms with Crippen LogP contribution in [0.15, 0.2) is 55.8 Å². The van der Waals surface area contributed by atoms with Crippen LogP contribution in [-0.4, -0.2) is 13.0 Å². The average molecular weight is 425 g/mol. The van der Waals surface area contributed by atoms with Crippen LogP contribution in [0.2, 0.25) is 0 Å². The van der Waals surface area contributed by atoms with E-state index in [4.69, 9.17) is 9.15 Å². The topological polar surface area (TPSA) is 51.5 Å². The van der Waals surface area contributed by atoms with E-state index in [0.29, 0.717) is 17.0 Å². The number of hydrogen-bond donors (Lipinski definition) is 1. The first-order valence-electron chi connectivity index (χ1n) is 6.41. The maximum atomic E-state index is 12.3. The predicted octanol–water partition coefficient (Wildman–Crippen LogP) is 5.22. The number of methoxy groups -OCH3 is 1. The molecule has 0 aliphatic carbocycles. The second kappa shape index (κ2) is 6.14. The summed E-state index contributed by atoms with van der Waals surface area (Å²) < 4.78 is 12.6. The Bertz CT molecular complexity index is 858. The van der Waals surface area contributed by atoms with E-state index in [1.165, 1.54) is 0 Å². The van der Waals surface area contributed by atoms with Gasteiger partial charge in [-0.25, -0.2) is 0 Å². The number of anilines is 1. The first kappa shape index (κ1) is 15.1. The average Bonchev–Trinajstić information content (AvgIpc) is 2.94. The van der Waals surface area contributed by atoms with E-state index >= 15 is 0 Å². The molecule has 0 atom stereocenters. The minimum Gasteiger partial charge on any atom is -0.493 e. The molecule has 0 fully saturated rings. The number of carbonyl (C=O) groups is 1. The van der Waals surface area contributed by atoms with Gasteiger partial charge in [-0.1, -0.05) is 28.1 Å². The fourth-order valence-electron chi connectivity index (χ4n) is 2.08. The monoisotopic (exact) mass is 423 g/mol. The van der Waals surface area contributed by atoms with Crippen molar-refractivity contribution in [3.8, 4) is 5.75 Å². The van der Waals surface area contributed by atoms with Crippen molar-refractivity contribution in [2.24, 2.45) is 0 Å². The lowest BCUT2D eigenvalue weighted by Gasteiger charge is -2.06. The van der Waals surface area contributed by atoms with Crippen molar-refractivity contribution in [1.82, 2.24) is 0 Å². The van der Waals surface area contributed by atoms with Gasteiger partial charge in [0.2, 0.25) is 0 Å². The summed E-state index contributed by atoms with van der Waals surface area (Å²) in [5, 5.41) is 3.63. The van der Waals surface area contributed by atoms with Crippen LogP contribution in [0.4, 0.5) is 5.69 Å². The molecule has 3 rings (SSSR count). The summed E-state index contributed by atoms with van der Waals surface area (Å²) in [4.78, 5) is 12.3. The Morgan fingerprint density at radius 3 is 2.73 bits per heavy atom. The maximum absolute atomic E-state index is 12.3. The van der Waals surface area contributed by atoms with E-state index in [-0.39, 0.29) is 11.7 Å². The van der Waals surface area contributed by atoms with Gasteiger partial charge in [0.1, 0.15) is 0 Å². The molecular weight excluding hydrogens is 414 g/mol. The summed E-state index contributed by atoms with van der Waals surface area (Å²) in [6, 6.07) is 12.7. The number of nitrogens with one attached hydrogen (secondary N) is 1. The van der Waals surface area contributed by atoms with E-state index in [0.717, 1.165) is 14.3 Å². The lowest BCUT2D eigenvalue weighted by atomic mass is 10.2. The summed E-state index contributed by atoms with van der Waals surface area (Å²) in [5.74, 6) is 0.511. The molecule has 1 aromatic heterocycles. The van der Waals surface area contributed by atoms with Crippen LogP contribution < -0.4 is 10.1 Å². The van der Waals surface area contributed by atoms with Gasteiger partial charge < -0.3 is 14.5 Å². The standard InChI is InChI=1S/C16H11Br2NO3/c1-21-13-4-2-3-9-7-14(22-15(9)13)16(20)19-12-6-5-10(17)8-11(12)18/h2-8H,1H3,(H,19,20). The van der Waals surface area contributed by atoms with Crippen molar-refractivity contribution < 1.29 is 13.9 Å². The number of furan rings is 1. The number of hydrogen-bond acceptors (Lipinski definition) is 3. The normalized spacial score (nSPS) is 10.7. The van der Waals surface area contributed by atoms with Crippen LogP contribution in [0.25, 0.3) is 11.0 Å². The van der Waals surface area contributed by atoms with E-state index < -0.39 is 0 Å². The Kier molecular flexibility index (Phi) is 4.22. The smallest absolute Gasteiger partial charge is 0.291 e. The number of ether oxygens (including phenoxy) is 1. The summed E-state index contributed by atoms with van der Waals surface area (Å²) in [6.07, 6.45) is 0. The largest absolute Gasteiger partial charge is 0.493 e. The van der Waals surface area contributed by atoms with E-state index in [9.17, 15) is 4.79 Å². The molecule has 112 valence electrons. The number of benzene rings is 2.